The molecule has 0 spiro atoms. The molecule has 136 valence electrons. The Morgan fingerprint density at radius 3 is 2.68 bits per heavy atom. The maximum Gasteiger partial charge on any atom is 0.304 e. The van der Waals surface area contributed by atoms with E-state index in [1.54, 1.807) is 0 Å². The Kier molecular flexibility index (Phi) is 6.27. The van der Waals surface area contributed by atoms with Gasteiger partial charge in [-0.05, 0) is 63.2 Å². The Bertz CT molecular complexity index is 591. The molecule has 2 N–H and O–H groups in total. The molecule has 4 heteroatoms. The second kappa shape index (κ2) is 8.63. The van der Waals surface area contributed by atoms with Crippen LogP contribution in [0, 0.1) is 11.8 Å². The molecule has 4 nitrogen and oxygen atoms in total. The molecular weight excluding hydrogens is 312 g/mol. The van der Waals surface area contributed by atoms with E-state index in [9.17, 15) is 4.79 Å². The SMILES string of the molecule is C/C(=C\c1ccccc1)[C@@H]1CC1NCC1CCN(CCC(=O)O)CC1. The van der Waals surface area contributed by atoms with E-state index in [-0.39, 0.29) is 6.42 Å². The van der Waals surface area contributed by atoms with Crippen molar-refractivity contribution < 1.29 is 9.90 Å². The van der Waals surface area contributed by atoms with E-state index >= 15 is 0 Å². The lowest BCUT2D eigenvalue weighted by atomic mass is 9.96. The second-order valence-corrected chi connectivity index (χ2v) is 7.58. The van der Waals surface area contributed by atoms with Crippen LogP contribution in [0.2, 0.25) is 0 Å². The number of likely N-dealkylation sites (tertiary alicyclic amines) is 1. The summed E-state index contributed by atoms with van der Waals surface area (Å²) < 4.78 is 0. The molecule has 0 aromatic heterocycles. The predicted octanol–water partition coefficient (Wildman–Crippen LogP) is 3.25. The zero-order chi connectivity index (χ0) is 17.6. The number of piperidine rings is 1. The van der Waals surface area contributed by atoms with Crippen LogP contribution >= 0.6 is 0 Å². The zero-order valence-corrected chi connectivity index (χ0v) is 15.2. The van der Waals surface area contributed by atoms with Gasteiger partial charge in [0.25, 0.3) is 0 Å². The summed E-state index contributed by atoms with van der Waals surface area (Å²) in [5, 5.41) is 12.5. The average molecular weight is 342 g/mol. The van der Waals surface area contributed by atoms with Crippen molar-refractivity contribution in [3.8, 4) is 0 Å². The van der Waals surface area contributed by atoms with E-state index in [2.05, 4.69) is 53.5 Å². The summed E-state index contributed by atoms with van der Waals surface area (Å²) in [4.78, 5) is 12.9. The third-order valence-electron chi connectivity index (χ3n) is 5.59. The normalized spacial score (nSPS) is 25.1. The maximum absolute atomic E-state index is 10.7. The molecule has 1 heterocycles. The minimum Gasteiger partial charge on any atom is -0.481 e. The summed E-state index contributed by atoms with van der Waals surface area (Å²) in [6, 6.07) is 11.2. The van der Waals surface area contributed by atoms with Crippen molar-refractivity contribution in [1.82, 2.24) is 10.2 Å². The molecule has 2 atom stereocenters. The molecule has 1 aliphatic heterocycles. The fourth-order valence-electron chi connectivity index (χ4n) is 3.83. The highest BCUT2D eigenvalue weighted by atomic mass is 16.4. The molecule has 1 aromatic rings. The van der Waals surface area contributed by atoms with E-state index in [1.807, 2.05) is 0 Å². The van der Waals surface area contributed by atoms with Gasteiger partial charge in [-0.15, -0.1) is 0 Å². The molecule has 0 amide bonds. The van der Waals surface area contributed by atoms with Crippen LogP contribution in [-0.4, -0.2) is 48.2 Å². The highest BCUT2D eigenvalue weighted by molar-refractivity contribution is 5.66. The van der Waals surface area contributed by atoms with Crippen molar-refractivity contribution in [3.05, 3.63) is 41.5 Å². The van der Waals surface area contributed by atoms with Crippen molar-refractivity contribution in [2.45, 2.75) is 38.6 Å². The summed E-state index contributed by atoms with van der Waals surface area (Å²) >= 11 is 0. The first-order chi connectivity index (χ1) is 12.1. The third-order valence-corrected chi connectivity index (χ3v) is 5.59. The highest BCUT2D eigenvalue weighted by Gasteiger charge is 2.38. The number of carboxylic acid groups (broad SMARTS) is 1. The highest BCUT2D eigenvalue weighted by Crippen LogP contribution is 2.38. The lowest BCUT2D eigenvalue weighted by Crippen LogP contribution is -2.38. The Labute approximate surface area is 150 Å². The van der Waals surface area contributed by atoms with Crippen LogP contribution in [0.25, 0.3) is 6.08 Å². The van der Waals surface area contributed by atoms with Gasteiger partial charge in [-0.1, -0.05) is 42.0 Å². The minimum absolute atomic E-state index is 0.264. The molecule has 2 aliphatic rings. The van der Waals surface area contributed by atoms with Gasteiger partial charge in [0.05, 0.1) is 6.42 Å². The molecule has 3 rings (SSSR count). The van der Waals surface area contributed by atoms with Crippen molar-refractivity contribution in [1.29, 1.82) is 0 Å². The molecule has 1 saturated carbocycles. The van der Waals surface area contributed by atoms with Gasteiger partial charge in [0.15, 0.2) is 0 Å². The van der Waals surface area contributed by atoms with E-state index in [1.165, 1.54) is 30.4 Å². The van der Waals surface area contributed by atoms with Gasteiger partial charge in [0, 0.05) is 12.6 Å². The quantitative estimate of drug-likeness (QED) is 0.761. The number of carboxylic acids is 1. The standard InChI is InChI=1S/C21H30N2O2/c1-16(13-17-5-3-2-4-6-17)19-14-20(19)22-15-18-7-10-23(11-8-18)12-9-21(24)25/h2-6,13,18-20,22H,7-12,14-15H2,1H3,(H,24,25)/b16-13+/t19-,20?/m0/s1. The lowest BCUT2D eigenvalue weighted by molar-refractivity contribution is -0.137. The number of carbonyl (C=O) groups is 1. The minimum atomic E-state index is -0.692. The molecule has 2 fully saturated rings. The number of nitrogens with zero attached hydrogens (tertiary/aromatic N) is 1. The predicted molar refractivity (Wildman–Crippen MR) is 101 cm³/mol. The molecule has 1 unspecified atom stereocenters. The van der Waals surface area contributed by atoms with Crippen LogP contribution in [0.1, 0.15) is 38.2 Å². The lowest BCUT2D eigenvalue weighted by Gasteiger charge is -2.31. The Morgan fingerprint density at radius 2 is 2.00 bits per heavy atom. The number of rotatable bonds is 8. The number of hydrogen-bond acceptors (Lipinski definition) is 3. The van der Waals surface area contributed by atoms with Gasteiger partial charge in [0.2, 0.25) is 0 Å². The van der Waals surface area contributed by atoms with Gasteiger partial charge in [-0.2, -0.15) is 0 Å². The molecule has 1 saturated heterocycles. The van der Waals surface area contributed by atoms with Crippen molar-refractivity contribution in [2.75, 3.05) is 26.2 Å². The Balaban J connectivity index is 1.34. The van der Waals surface area contributed by atoms with Crippen LogP contribution in [0.5, 0.6) is 0 Å². The number of benzene rings is 1. The molecular formula is C21H30N2O2. The van der Waals surface area contributed by atoms with E-state index in [4.69, 9.17) is 5.11 Å². The van der Waals surface area contributed by atoms with E-state index in [0.717, 1.165) is 25.6 Å². The average Bonchev–Trinajstić information content (AvgIpc) is 3.40. The Morgan fingerprint density at radius 1 is 1.28 bits per heavy atom. The van der Waals surface area contributed by atoms with Gasteiger partial charge >= 0.3 is 5.97 Å². The molecule has 1 aromatic carbocycles. The van der Waals surface area contributed by atoms with Crippen LogP contribution < -0.4 is 5.32 Å². The first kappa shape index (κ1) is 18.2. The first-order valence-corrected chi connectivity index (χ1v) is 9.52. The molecule has 0 radical (unpaired) electrons. The summed E-state index contributed by atoms with van der Waals surface area (Å²) in [7, 11) is 0. The van der Waals surface area contributed by atoms with Gasteiger partial charge in [-0.3, -0.25) is 4.79 Å². The van der Waals surface area contributed by atoms with E-state index in [0.29, 0.717) is 18.5 Å². The van der Waals surface area contributed by atoms with Gasteiger partial charge in [-0.25, -0.2) is 0 Å². The largest absolute Gasteiger partial charge is 0.481 e. The zero-order valence-electron chi connectivity index (χ0n) is 15.2. The van der Waals surface area contributed by atoms with Crippen molar-refractivity contribution in [3.63, 3.8) is 0 Å². The number of hydrogen-bond donors (Lipinski definition) is 2. The van der Waals surface area contributed by atoms with Gasteiger partial charge in [0.1, 0.15) is 0 Å². The van der Waals surface area contributed by atoms with Crippen LogP contribution in [0.3, 0.4) is 0 Å². The van der Waals surface area contributed by atoms with Crippen LogP contribution in [0.15, 0.2) is 35.9 Å². The summed E-state index contributed by atoms with van der Waals surface area (Å²) in [5.74, 6) is 0.735. The maximum atomic E-state index is 10.7. The monoisotopic (exact) mass is 342 g/mol. The third kappa shape index (κ3) is 5.68. The van der Waals surface area contributed by atoms with Crippen molar-refractivity contribution in [2.24, 2.45) is 11.8 Å². The number of nitrogens with one attached hydrogen (secondary N) is 1. The smallest absolute Gasteiger partial charge is 0.304 e. The van der Waals surface area contributed by atoms with Crippen molar-refractivity contribution >= 4 is 12.0 Å². The van der Waals surface area contributed by atoms with Crippen LogP contribution in [-0.2, 0) is 4.79 Å². The Hall–Kier alpha value is -1.65. The molecule has 25 heavy (non-hydrogen) atoms. The first-order valence-electron chi connectivity index (χ1n) is 9.52. The number of aliphatic carboxylic acids is 1. The summed E-state index contributed by atoms with van der Waals surface area (Å²) in [6.07, 6.45) is 6.20. The van der Waals surface area contributed by atoms with Gasteiger partial charge < -0.3 is 15.3 Å². The molecule has 1 aliphatic carbocycles. The fraction of sp³-hybridized carbons (Fsp3) is 0.571. The second-order valence-electron chi connectivity index (χ2n) is 7.58. The summed E-state index contributed by atoms with van der Waals surface area (Å²) in [6.45, 7) is 6.14. The fourth-order valence-corrected chi connectivity index (χ4v) is 3.83. The molecule has 0 bridgehead atoms. The van der Waals surface area contributed by atoms with E-state index < -0.39 is 5.97 Å². The topological polar surface area (TPSA) is 52.6 Å². The van der Waals surface area contributed by atoms with Crippen LogP contribution in [0.4, 0.5) is 0 Å². The summed E-state index contributed by atoms with van der Waals surface area (Å²) in [5.41, 5.74) is 2.77.